The van der Waals surface area contributed by atoms with Gasteiger partial charge in [-0.3, -0.25) is 19.8 Å². The molecule has 2 aliphatic rings. The van der Waals surface area contributed by atoms with E-state index in [1.807, 2.05) is 49.1 Å². The lowest BCUT2D eigenvalue weighted by Crippen LogP contribution is -2.46. The summed E-state index contributed by atoms with van der Waals surface area (Å²) in [5.74, 6) is 1.05. The lowest BCUT2D eigenvalue weighted by atomic mass is 10.0. The molecule has 2 aromatic carbocycles. The van der Waals surface area contributed by atoms with Gasteiger partial charge in [-0.15, -0.1) is 0 Å². The molecule has 0 fully saturated rings. The molecule has 28 heavy (non-hydrogen) atoms. The molecule has 0 N–H and O–H groups in total. The quantitative estimate of drug-likeness (QED) is 0.574. The van der Waals surface area contributed by atoms with Crippen molar-refractivity contribution in [2.75, 3.05) is 0 Å². The molecular weight excluding hydrogens is 376 g/mol. The lowest BCUT2D eigenvalue weighted by molar-refractivity contribution is -0.384. The van der Waals surface area contributed by atoms with Crippen LogP contribution in [-0.2, 0) is 10.5 Å². The number of hydrogen-bond donors (Lipinski definition) is 0. The second-order valence-electron chi connectivity index (χ2n) is 6.96. The number of carbonyl (C=O) groups excluding carboxylic acids is 1. The normalized spacial score (nSPS) is 17.9. The number of nitro benzene ring substituents is 1. The second-order valence-corrected chi connectivity index (χ2v) is 7.90. The van der Waals surface area contributed by atoms with E-state index in [-0.39, 0.29) is 23.6 Å². The Morgan fingerprint density at radius 2 is 1.96 bits per heavy atom. The van der Waals surface area contributed by atoms with E-state index in [9.17, 15) is 14.9 Å². The van der Waals surface area contributed by atoms with E-state index in [2.05, 4.69) is 4.99 Å². The minimum absolute atomic E-state index is 0.0627. The van der Waals surface area contributed by atoms with Crippen molar-refractivity contribution in [1.29, 1.82) is 0 Å². The summed E-state index contributed by atoms with van der Waals surface area (Å²) in [5, 5.41) is 11.7. The van der Waals surface area contributed by atoms with Crippen LogP contribution in [0.1, 0.15) is 25.0 Å². The standard InChI is InChI=1S/C20H18N4O3S/c1-12(2)17-19(25)22-18-15-8-3-4-9-16(15)21-20(23(17)18)28-11-13-6-5-7-14(10-13)24(26)27/h3-10,12,17H,11H2,1-2H3. The van der Waals surface area contributed by atoms with Gasteiger partial charge in [-0.1, -0.05) is 49.9 Å². The van der Waals surface area contributed by atoms with E-state index in [1.54, 1.807) is 12.1 Å². The molecule has 1 unspecified atom stereocenters. The third-order valence-electron chi connectivity index (χ3n) is 4.66. The van der Waals surface area contributed by atoms with Crippen LogP contribution in [0.3, 0.4) is 0 Å². The largest absolute Gasteiger partial charge is 0.292 e. The Hall–Kier alpha value is -3.00. The van der Waals surface area contributed by atoms with Crippen molar-refractivity contribution in [2.45, 2.75) is 25.6 Å². The molecular formula is C20H18N4O3S. The third kappa shape index (κ3) is 3.20. The fourth-order valence-corrected chi connectivity index (χ4v) is 4.35. The number of para-hydroxylation sites is 1. The third-order valence-corrected chi connectivity index (χ3v) is 5.69. The van der Waals surface area contributed by atoms with Crippen LogP contribution in [0.25, 0.3) is 0 Å². The average molecular weight is 394 g/mol. The Labute approximate surface area is 166 Å². The predicted octanol–water partition coefficient (Wildman–Crippen LogP) is 4.14. The molecule has 0 saturated carbocycles. The number of thioether (sulfide) groups is 1. The van der Waals surface area contributed by atoms with Crippen LogP contribution in [0.2, 0.25) is 0 Å². The highest BCUT2D eigenvalue weighted by Gasteiger charge is 2.43. The van der Waals surface area contributed by atoms with Crippen molar-refractivity contribution in [3.8, 4) is 0 Å². The highest BCUT2D eigenvalue weighted by Crippen LogP contribution is 2.36. The van der Waals surface area contributed by atoms with Crippen LogP contribution >= 0.6 is 11.8 Å². The molecule has 0 bridgehead atoms. The maximum absolute atomic E-state index is 12.6. The number of amides is 1. The van der Waals surface area contributed by atoms with Crippen molar-refractivity contribution in [3.05, 3.63) is 69.8 Å². The first kappa shape index (κ1) is 18.4. The summed E-state index contributed by atoms with van der Waals surface area (Å²) < 4.78 is 0. The number of fused-ring (bicyclic) bond motifs is 3. The Balaban J connectivity index is 1.68. The first-order chi connectivity index (χ1) is 13.5. The van der Waals surface area contributed by atoms with Gasteiger partial charge in [0, 0.05) is 23.4 Å². The number of carbonyl (C=O) groups is 1. The highest BCUT2D eigenvalue weighted by atomic mass is 32.2. The van der Waals surface area contributed by atoms with Gasteiger partial charge >= 0.3 is 0 Å². The first-order valence-electron chi connectivity index (χ1n) is 8.91. The topological polar surface area (TPSA) is 88.2 Å². The van der Waals surface area contributed by atoms with E-state index >= 15 is 0 Å². The van der Waals surface area contributed by atoms with E-state index in [0.717, 1.165) is 16.8 Å². The highest BCUT2D eigenvalue weighted by molar-refractivity contribution is 8.13. The summed E-state index contributed by atoms with van der Waals surface area (Å²) in [5.41, 5.74) is 2.51. The van der Waals surface area contributed by atoms with Crippen LogP contribution in [-0.4, -0.2) is 32.8 Å². The summed E-state index contributed by atoms with van der Waals surface area (Å²) >= 11 is 1.45. The van der Waals surface area contributed by atoms with Crippen LogP contribution in [0.5, 0.6) is 0 Å². The molecule has 8 heteroatoms. The van der Waals surface area contributed by atoms with Gasteiger partial charge < -0.3 is 0 Å². The van der Waals surface area contributed by atoms with Crippen molar-refractivity contribution < 1.29 is 9.72 Å². The Bertz CT molecular complexity index is 1030. The SMILES string of the molecule is CC(C)C1C(=O)N=C2c3ccccc3N=C(SCc3cccc([N+](=O)[O-])c3)N21. The van der Waals surface area contributed by atoms with Crippen LogP contribution < -0.4 is 0 Å². The number of amidine groups is 2. The summed E-state index contributed by atoms with van der Waals surface area (Å²) in [6.07, 6.45) is 0. The fraction of sp³-hybridized carbons (Fsp3) is 0.250. The molecule has 2 heterocycles. The van der Waals surface area contributed by atoms with Gasteiger partial charge in [0.15, 0.2) is 5.17 Å². The van der Waals surface area contributed by atoms with Crippen LogP contribution in [0.4, 0.5) is 11.4 Å². The number of non-ortho nitro benzene ring substituents is 1. The van der Waals surface area contributed by atoms with Crippen molar-refractivity contribution >= 4 is 40.0 Å². The summed E-state index contributed by atoms with van der Waals surface area (Å²) in [6, 6.07) is 13.8. The zero-order chi connectivity index (χ0) is 19.8. The van der Waals surface area contributed by atoms with Gasteiger partial charge in [0.1, 0.15) is 11.9 Å². The van der Waals surface area contributed by atoms with Gasteiger partial charge in [-0.2, -0.15) is 4.99 Å². The summed E-state index contributed by atoms with van der Waals surface area (Å²) in [4.78, 5) is 34.2. The minimum Gasteiger partial charge on any atom is -0.292 e. The number of benzene rings is 2. The van der Waals surface area contributed by atoms with Gasteiger partial charge in [0.2, 0.25) is 0 Å². The van der Waals surface area contributed by atoms with E-state index in [1.165, 1.54) is 17.8 Å². The zero-order valence-electron chi connectivity index (χ0n) is 15.4. The monoisotopic (exact) mass is 394 g/mol. The number of aliphatic imine (C=N–C) groups is 2. The maximum Gasteiger partial charge on any atom is 0.271 e. The molecule has 1 atom stereocenters. The molecule has 2 aromatic rings. The van der Waals surface area contributed by atoms with Crippen molar-refractivity contribution in [3.63, 3.8) is 0 Å². The molecule has 2 aliphatic heterocycles. The fourth-order valence-electron chi connectivity index (χ4n) is 3.38. The minimum atomic E-state index is -0.402. The number of nitro groups is 1. The molecule has 142 valence electrons. The van der Waals surface area contributed by atoms with E-state index in [4.69, 9.17) is 4.99 Å². The molecule has 0 aliphatic carbocycles. The molecule has 0 aromatic heterocycles. The molecule has 4 rings (SSSR count). The number of nitrogens with zero attached hydrogens (tertiary/aromatic N) is 4. The smallest absolute Gasteiger partial charge is 0.271 e. The van der Waals surface area contributed by atoms with Crippen molar-refractivity contribution in [2.24, 2.45) is 15.9 Å². The predicted molar refractivity (Wildman–Crippen MR) is 110 cm³/mol. The molecule has 0 spiro atoms. The summed E-state index contributed by atoms with van der Waals surface area (Å²) in [7, 11) is 0. The van der Waals surface area contributed by atoms with Crippen LogP contribution in [0, 0.1) is 16.0 Å². The van der Waals surface area contributed by atoms with E-state index in [0.29, 0.717) is 16.8 Å². The van der Waals surface area contributed by atoms with Crippen LogP contribution in [0.15, 0.2) is 58.5 Å². The number of hydrogen-bond acceptors (Lipinski definition) is 6. The van der Waals surface area contributed by atoms with Gasteiger partial charge in [-0.05, 0) is 23.6 Å². The van der Waals surface area contributed by atoms with Gasteiger partial charge in [-0.25, -0.2) is 4.99 Å². The van der Waals surface area contributed by atoms with Gasteiger partial charge in [0.05, 0.1) is 10.6 Å². The lowest BCUT2D eigenvalue weighted by Gasteiger charge is -2.32. The van der Waals surface area contributed by atoms with Crippen molar-refractivity contribution in [1.82, 2.24) is 4.90 Å². The molecule has 7 nitrogen and oxygen atoms in total. The zero-order valence-corrected chi connectivity index (χ0v) is 16.2. The summed E-state index contributed by atoms with van der Waals surface area (Å²) in [6.45, 7) is 3.98. The molecule has 0 radical (unpaired) electrons. The average Bonchev–Trinajstić information content (AvgIpc) is 3.04. The molecule has 0 saturated heterocycles. The molecule has 1 amide bonds. The first-order valence-corrected chi connectivity index (χ1v) is 9.90. The van der Waals surface area contributed by atoms with E-state index < -0.39 is 4.92 Å². The van der Waals surface area contributed by atoms with Gasteiger partial charge in [0.25, 0.3) is 11.6 Å². The number of rotatable bonds is 4. The Kier molecular flexibility index (Phi) is 4.72. The second kappa shape index (κ2) is 7.20. The Morgan fingerprint density at radius 3 is 2.71 bits per heavy atom. The Morgan fingerprint density at radius 1 is 1.18 bits per heavy atom. The maximum atomic E-state index is 12.6.